The van der Waals surface area contributed by atoms with Crippen LogP contribution in [0.4, 0.5) is 11.7 Å². The Morgan fingerprint density at radius 1 is 1.50 bits per heavy atom. The Morgan fingerprint density at radius 3 is 2.89 bits per heavy atom. The van der Waals surface area contributed by atoms with Crippen molar-refractivity contribution in [3.63, 3.8) is 0 Å². The van der Waals surface area contributed by atoms with Crippen molar-refractivity contribution in [1.29, 1.82) is 0 Å². The number of nitrogens with zero attached hydrogens (tertiary/aromatic N) is 2. The van der Waals surface area contributed by atoms with Gasteiger partial charge in [-0.25, -0.2) is 0 Å². The minimum absolute atomic E-state index is 0.0296. The molecule has 3 N–H and O–H groups in total. The van der Waals surface area contributed by atoms with Crippen LogP contribution in [0.25, 0.3) is 0 Å². The van der Waals surface area contributed by atoms with Crippen molar-refractivity contribution in [2.75, 3.05) is 18.2 Å². The Hall–Kier alpha value is -2.57. The van der Waals surface area contributed by atoms with Gasteiger partial charge >= 0.3 is 6.01 Å². The SMILES string of the molecule is COc1ccc(N)cc1C(=O)Nc1nc(C)no1. The van der Waals surface area contributed by atoms with E-state index < -0.39 is 5.91 Å². The predicted molar refractivity (Wildman–Crippen MR) is 64.4 cm³/mol. The maximum atomic E-state index is 12.0. The van der Waals surface area contributed by atoms with Gasteiger partial charge in [0.1, 0.15) is 5.75 Å². The van der Waals surface area contributed by atoms with E-state index in [9.17, 15) is 4.79 Å². The standard InChI is InChI=1S/C11H12N4O3/c1-6-13-11(18-15-6)14-10(16)8-5-7(12)3-4-9(8)17-2/h3-5H,12H2,1-2H3,(H,13,14,15,16). The lowest BCUT2D eigenvalue weighted by atomic mass is 10.1. The second-order valence-electron chi connectivity index (χ2n) is 3.56. The van der Waals surface area contributed by atoms with Crippen LogP contribution < -0.4 is 15.8 Å². The molecule has 1 aromatic heterocycles. The average molecular weight is 248 g/mol. The van der Waals surface area contributed by atoms with Gasteiger partial charge in [-0.2, -0.15) is 4.98 Å². The zero-order valence-electron chi connectivity index (χ0n) is 9.93. The van der Waals surface area contributed by atoms with Crippen molar-refractivity contribution in [1.82, 2.24) is 10.1 Å². The molecule has 0 fully saturated rings. The van der Waals surface area contributed by atoms with E-state index in [2.05, 4.69) is 15.5 Å². The quantitative estimate of drug-likeness (QED) is 0.791. The number of benzene rings is 1. The van der Waals surface area contributed by atoms with E-state index in [1.165, 1.54) is 13.2 Å². The minimum atomic E-state index is -0.428. The van der Waals surface area contributed by atoms with Crippen molar-refractivity contribution in [3.05, 3.63) is 29.6 Å². The van der Waals surface area contributed by atoms with Gasteiger partial charge in [0.05, 0.1) is 12.7 Å². The molecule has 0 aliphatic carbocycles. The van der Waals surface area contributed by atoms with E-state index in [-0.39, 0.29) is 6.01 Å². The number of hydrogen-bond donors (Lipinski definition) is 2. The van der Waals surface area contributed by atoms with E-state index in [0.29, 0.717) is 22.8 Å². The Kier molecular flexibility index (Phi) is 3.13. The van der Waals surface area contributed by atoms with Crippen molar-refractivity contribution >= 4 is 17.6 Å². The fourth-order valence-electron chi connectivity index (χ4n) is 1.42. The first-order valence-electron chi connectivity index (χ1n) is 5.15. The van der Waals surface area contributed by atoms with Crippen molar-refractivity contribution < 1.29 is 14.1 Å². The van der Waals surface area contributed by atoms with Crippen molar-refractivity contribution in [2.45, 2.75) is 6.92 Å². The molecule has 0 saturated heterocycles. The lowest BCUT2D eigenvalue weighted by Gasteiger charge is -2.07. The molecule has 0 aliphatic rings. The third-order valence-electron chi connectivity index (χ3n) is 2.22. The Balaban J connectivity index is 2.25. The van der Waals surface area contributed by atoms with E-state index in [1.807, 2.05) is 0 Å². The molecule has 1 aromatic carbocycles. The number of methoxy groups -OCH3 is 1. The summed E-state index contributed by atoms with van der Waals surface area (Å²) in [7, 11) is 1.47. The van der Waals surface area contributed by atoms with Gasteiger partial charge in [-0.1, -0.05) is 5.16 Å². The fraction of sp³-hybridized carbons (Fsp3) is 0.182. The second kappa shape index (κ2) is 4.74. The molecule has 0 radical (unpaired) electrons. The summed E-state index contributed by atoms with van der Waals surface area (Å²) >= 11 is 0. The maximum Gasteiger partial charge on any atom is 0.328 e. The highest BCUT2D eigenvalue weighted by atomic mass is 16.5. The summed E-state index contributed by atoms with van der Waals surface area (Å²) in [6.07, 6.45) is 0. The molecule has 2 aromatic rings. The lowest BCUT2D eigenvalue weighted by molar-refractivity contribution is 0.102. The van der Waals surface area contributed by atoms with E-state index >= 15 is 0 Å². The first-order chi connectivity index (χ1) is 8.60. The molecular formula is C11H12N4O3. The molecule has 94 valence electrons. The van der Waals surface area contributed by atoms with Gasteiger partial charge in [0.25, 0.3) is 5.91 Å². The lowest BCUT2D eigenvalue weighted by Crippen LogP contribution is -2.13. The second-order valence-corrected chi connectivity index (χ2v) is 3.56. The van der Waals surface area contributed by atoms with E-state index in [1.54, 1.807) is 19.1 Å². The van der Waals surface area contributed by atoms with Gasteiger partial charge < -0.3 is 15.0 Å². The number of aromatic nitrogens is 2. The van der Waals surface area contributed by atoms with Gasteiger partial charge in [-0.05, 0) is 25.1 Å². The number of carbonyl (C=O) groups is 1. The first kappa shape index (κ1) is 11.9. The van der Waals surface area contributed by atoms with Crippen molar-refractivity contribution in [2.24, 2.45) is 0 Å². The molecule has 0 spiro atoms. The van der Waals surface area contributed by atoms with Crippen LogP contribution in [0.5, 0.6) is 5.75 Å². The molecule has 0 atom stereocenters. The van der Waals surface area contributed by atoms with Crippen LogP contribution in [0.1, 0.15) is 16.2 Å². The number of nitrogens with one attached hydrogen (secondary N) is 1. The first-order valence-corrected chi connectivity index (χ1v) is 5.15. The molecule has 2 rings (SSSR count). The number of nitrogens with two attached hydrogens (primary N) is 1. The third kappa shape index (κ3) is 2.40. The number of aryl methyl sites for hydroxylation is 1. The van der Waals surface area contributed by atoms with Gasteiger partial charge in [0, 0.05) is 5.69 Å². The van der Waals surface area contributed by atoms with Crippen LogP contribution in [-0.2, 0) is 0 Å². The predicted octanol–water partition coefficient (Wildman–Crippen LogP) is 1.22. The summed E-state index contributed by atoms with van der Waals surface area (Å²) in [5.41, 5.74) is 6.39. The van der Waals surface area contributed by atoms with Crippen LogP contribution in [0.3, 0.4) is 0 Å². The Labute approximate surface area is 103 Å². The molecule has 0 saturated carbocycles. The number of rotatable bonds is 3. The van der Waals surface area contributed by atoms with Gasteiger partial charge in [0.15, 0.2) is 5.82 Å². The van der Waals surface area contributed by atoms with E-state index in [0.717, 1.165) is 0 Å². The normalized spacial score (nSPS) is 10.1. The van der Waals surface area contributed by atoms with Crippen LogP contribution in [-0.4, -0.2) is 23.2 Å². The fourth-order valence-corrected chi connectivity index (χ4v) is 1.42. The van der Waals surface area contributed by atoms with Crippen molar-refractivity contribution in [3.8, 4) is 5.75 Å². The van der Waals surface area contributed by atoms with Gasteiger partial charge in [-0.15, -0.1) is 0 Å². The molecule has 0 unspecified atom stereocenters. The van der Waals surface area contributed by atoms with E-state index in [4.69, 9.17) is 15.0 Å². The number of carbonyl (C=O) groups excluding carboxylic acids is 1. The number of nitrogen functional groups attached to an aromatic ring is 1. The Morgan fingerprint density at radius 2 is 2.28 bits per heavy atom. The zero-order valence-corrected chi connectivity index (χ0v) is 9.93. The zero-order chi connectivity index (χ0) is 13.1. The number of hydrogen-bond acceptors (Lipinski definition) is 6. The third-order valence-corrected chi connectivity index (χ3v) is 2.22. The van der Waals surface area contributed by atoms with Crippen LogP contribution >= 0.6 is 0 Å². The summed E-state index contributed by atoms with van der Waals surface area (Å²) in [4.78, 5) is 15.9. The highest BCUT2D eigenvalue weighted by Gasteiger charge is 2.15. The van der Waals surface area contributed by atoms with Crippen LogP contribution in [0.2, 0.25) is 0 Å². The Bertz CT molecular complexity index is 579. The molecular weight excluding hydrogens is 236 g/mol. The highest BCUT2D eigenvalue weighted by molar-refractivity contribution is 6.05. The topological polar surface area (TPSA) is 103 Å². The molecule has 0 bridgehead atoms. The van der Waals surface area contributed by atoms with Crippen LogP contribution in [0, 0.1) is 6.92 Å². The molecule has 1 amide bonds. The smallest absolute Gasteiger partial charge is 0.328 e. The summed E-state index contributed by atoms with van der Waals surface area (Å²) in [6, 6.07) is 4.80. The average Bonchev–Trinajstić information content (AvgIpc) is 2.74. The summed E-state index contributed by atoms with van der Waals surface area (Å²) < 4.78 is 9.88. The largest absolute Gasteiger partial charge is 0.496 e. The maximum absolute atomic E-state index is 12.0. The number of amides is 1. The monoisotopic (exact) mass is 248 g/mol. The highest BCUT2D eigenvalue weighted by Crippen LogP contribution is 2.22. The van der Waals surface area contributed by atoms with Gasteiger partial charge in [0.2, 0.25) is 0 Å². The number of ether oxygens (including phenoxy) is 1. The summed E-state index contributed by atoms with van der Waals surface area (Å²) in [5.74, 6) is 0.422. The molecule has 7 heteroatoms. The summed E-state index contributed by atoms with van der Waals surface area (Å²) in [5, 5.41) is 6.03. The minimum Gasteiger partial charge on any atom is -0.496 e. The molecule has 1 heterocycles. The molecule has 18 heavy (non-hydrogen) atoms. The number of anilines is 2. The molecule has 0 aliphatic heterocycles. The van der Waals surface area contributed by atoms with Crippen LogP contribution in [0.15, 0.2) is 22.7 Å². The summed E-state index contributed by atoms with van der Waals surface area (Å²) in [6.45, 7) is 1.65. The molecule has 7 nitrogen and oxygen atoms in total. The van der Waals surface area contributed by atoms with Gasteiger partial charge in [-0.3, -0.25) is 10.1 Å².